The molecule has 1 aromatic rings. The van der Waals surface area contributed by atoms with E-state index >= 15 is 0 Å². The summed E-state index contributed by atoms with van der Waals surface area (Å²) in [5.41, 5.74) is 3.06. The minimum Gasteiger partial charge on any atom is -0.0826 e. The Balaban J connectivity index is 2.18. The van der Waals surface area contributed by atoms with Crippen LogP contribution in [0, 0.1) is 0 Å². The molecule has 2 heteroatoms. The van der Waals surface area contributed by atoms with Crippen molar-refractivity contribution in [1.82, 2.24) is 0 Å². The lowest BCUT2D eigenvalue weighted by atomic mass is 9.93. The van der Waals surface area contributed by atoms with Crippen molar-refractivity contribution in [3.63, 3.8) is 0 Å². The molecule has 0 heterocycles. The maximum atomic E-state index is 3.76. The molecule has 2 bridgehead atoms. The van der Waals surface area contributed by atoms with Gasteiger partial charge in [-0.1, -0.05) is 62.2 Å². The zero-order valence-corrected chi connectivity index (χ0v) is 10.8. The summed E-state index contributed by atoms with van der Waals surface area (Å²) in [5, 5.41) is 0. The van der Waals surface area contributed by atoms with Crippen molar-refractivity contribution >= 4 is 31.9 Å². The second-order valence-corrected chi connectivity index (χ2v) is 5.93. The number of halogens is 2. The molecular weight excluding hydrogens is 304 g/mol. The zero-order chi connectivity index (χ0) is 9.71. The lowest BCUT2D eigenvalue weighted by Crippen LogP contribution is -2.13. The molecule has 0 amide bonds. The molecule has 2 aliphatic carbocycles. The number of hydrogen-bond donors (Lipinski definition) is 0. The smallest absolute Gasteiger partial charge is 0.0527 e. The molecule has 72 valence electrons. The van der Waals surface area contributed by atoms with Gasteiger partial charge in [0.25, 0.3) is 0 Å². The fourth-order valence-electron chi connectivity index (χ4n) is 2.63. The van der Waals surface area contributed by atoms with Crippen molar-refractivity contribution in [2.45, 2.75) is 23.1 Å². The molecule has 0 aliphatic heterocycles. The highest BCUT2D eigenvalue weighted by atomic mass is 79.9. The summed E-state index contributed by atoms with van der Waals surface area (Å²) < 4.78 is 1.31. The van der Waals surface area contributed by atoms with E-state index in [0.29, 0.717) is 16.7 Å². The molecule has 0 saturated carbocycles. The van der Waals surface area contributed by atoms with Crippen molar-refractivity contribution in [2.24, 2.45) is 0 Å². The molecule has 14 heavy (non-hydrogen) atoms. The van der Waals surface area contributed by atoms with Crippen molar-refractivity contribution in [1.29, 1.82) is 0 Å². The Labute approximate surface area is 101 Å². The minimum atomic E-state index is 0.474. The average Bonchev–Trinajstić information content (AvgIpc) is 2.52. The fraction of sp³-hybridized carbons (Fsp3) is 0.333. The first kappa shape index (κ1) is 9.17. The summed E-state index contributed by atoms with van der Waals surface area (Å²) >= 11 is 7.41. The maximum absolute atomic E-state index is 3.76. The number of allylic oxidation sites excluding steroid dienone is 2. The molecule has 0 spiro atoms. The molecule has 0 fully saturated rings. The quantitative estimate of drug-likeness (QED) is 0.626. The van der Waals surface area contributed by atoms with Crippen LogP contribution in [-0.4, -0.2) is 4.83 Å². The van der Waals surface area contributed by atoms with Gasteiger partial charge < -0.3 is 0 Å². The van der Waals surface area contributed by atoms with E-state index in [0.717, 1.165) is 0 Å². The topological polar surface area (TPSA) is 0 Å². The maximum Gasteiger partial charge on any atom is 0.0527 e. The van der Waals surface area contributed by atoms with Gasteiger partial charge in [0.2, 0.25) is 0 Å². The van der Waals surface area contributed by atoms with E-state index < -0.39 is 0 Å². The molecule has 0 nitrogen and oxygen atoms in total. The standard InChI is InChI=1S/C12H10Br2/c13-11-6-7-5-10(12(11)14)9-4-2-1-3-8(7)9/h1-4,6-7,10,12H,5H2/t7-,10-,12+/m1/s1. The Morgan fingerprint density at radius 3 is 2.64 bits per heavy atom. The first-order valence-electron chi connectivity index (χ1n) is 4.87. The third kappa shape index (κ3) is 1.17. The van der Waals surface area contributed by atoms with Gasteiger partial charge in [0.05, 0.1) is 4.83 Å². The van der Waals surface area contributed by atoms with Gasteiger partial charge >= 0.3 is 0 Å². The second-order valence-electron chi connectivity index (χ2n) is 4.03. The van der Waals surface area contributed by atoms with Gasteiger partial charge in [-0.25, -0.2) is 0 Å². The van der Waals surface area contributed by atoms with Gasteiger partial charge in [-0.2, -0.15) is 0 Å². The second kappa shape index (κ2) is 3.21. The normalized spacial score (nSPS) is 33.9. The van der Waals surface area contributed by atoms with E-state index in [2.05, 4.69) is 62.2 Å². The molecule has 1 aromatic carbocycles. The fourth-order valence-corrected chi connectivity index (χ4v) is 3.92. The van der Waals surface area contributed by atoms with Crippen LogP contribution in [0.4, 0.5) is 0 Å². The molecule has 0 N–H and O–H groups in total. The van der Waals surface area contributed by atoms with Gasteiger partial charge in [-0.15, -0.1) is 0 Å². The number of rotatable bonds is 0. The van der Waals surface area contributed by atoms with Gasteiger partial charge in [-0.3, -0.25) is 0 Å². The van der Waals surface area contributed by atoms with E-state index in [4.69, 9.17) is 0 Å². The Hall–Kier alpha value is -0.0800. The summed E-state index contributed by atoms with van der Waals surface area (Å²) in [5.74, 6) is 1.30. The summed E-state index contributed by atoms with van der Waals surface area (Å²) in [7, 11) is 0. The van der Waals surface area contributed by atoms with Crippen molar-refractivity contribution in [3.8, 4) is 0 Å². The van der Waals surface area contributed by atoms with Crippen molar-refractivity contribution < 1.29 is 0 Å². The van der Waals surface area contributed by atoms with E-state index in [1.807, 2.05) is 0 Å². The van der Waals surface area contributed by atoms with Crippen LogP contribution in [0.1, 0.15) is 29.4 Å². The van der Waals surface area contributed by atoms with Crippen LogP contribution in [-0.2, 0) is 0 Å². The number of benzene rings is 1. The average molecular weight is 314 g/mol. The molecule has 3 atom stereocenters. The van der Waals surface area contributed by atoms with Gasteiger partial charge in [-0.05, 0) is 17.5 Å². The van der Waals surface area contributed by atoms with Gasteiger partial charge in [0.1, 0.15) is 0 Å². The van der Waals surface area contributed by atoms with Gasteiger partial charge in [0.15, 0.2) is 0 Å². The van der Waals surface area contributed by atoms with Crippen LogP contribution < -0.4 is 0 Å². The molecule has 0 unspecified atom stereocenters. The molecule has 0 radical (unpaired) electrons. The lowest BCUT2D eigenvalue weighted by molar-refractivity contribution is 0.638. The predicted molar refractivity (Wildman–Crippen MR) is 66.3 cm³/mol. The van der Waals surface area contributed by atoms with E-state index in [1.54, 1.807) is 0 Å². The Morgan fingerprint density at radius 1 is 1.14 bits per heavy atom. The first-order valence-corrected chi connectivity index (χ1v) is 6.58. The van der Waals surface area contributed by atoms with E-state index in [9.17, 15) is 0 Å². The number of alkyl halides is 1. The van der Waals surface area contributed by atoms with Crippen molar-refractivity contribution in [2.75, 3.05) is 0 Å². The van der Waals surface area contributed by atoms with Crippen LogP contribution >= 0.6 is 31.9 Å². The Bertz CT molecular complexity index is 409. The van der Waals surface area contributed by atoms with Crippen LogP contribution in [0.15, 0.2) is 34.8 Å². The molecule has 2 aliphatic rings. The van der Waals surface area contributed by atoms with Crippen LogP contribution in [0.2, 0.25) is 0 Å². The van der Waals surface area contributed by atoms with Crippen LogP contribution in [0.5, 0.6) is 0 Å². The van der Waals surface area contributed by atoms with Crippen LogP contribution in [0.3, 0.4) is 0 Å². The number of hydrogen-bond acceptors (Lipinski definition) is 0. The predicted octanol–water partition coefficient (Wildman–Crippen LogP) is 4.31. The highest BCUT2D eigenvalue weighted by Gasteiger charge is 2.38. The Kier molecular flexibility index (Phi) is 2.10. The minimum absolute atomic E-state index is 0.474. The van der Waals surface area contributed by atoms with Crippen molar-refractivity contribution in [3.05, 3.63) is 46.0 Å². The summed E-state index contributed by atoms with van der Waals surface area (Å²) in [6, 6.07) is 8.83. The zero-order valence-electron chi connectivity index (χ0n) is 7.58. The SMILES string of the molecule is BrC1=C[C@H]2C[C@H](c3ccccc32)[C@@H]1Br. The summed E-state index contributed by atoms with van der Waals surface area (Å²) in [6.07, 6.45) is 3.62. The first-order chi connectivity index (χ1) is 6.77. The summed E-state index contributed by atoms with van der Waals surface area (Å²) in [6.45, 7) is 0. The third-order valence-corrected chi connectivity index (χ3v) is 5.78. The highest BCUT2D eigenvalue weighted by molar-refractivity contribution is 9.14. The van der Waals surface area contributed by atoms with E-state index in [-0.39, 0.29) is 0 Å². The largest absolute Gasteiger partial charge is 0.0826 e. The monoisotopic (exact) mass is 312 g/mol. The van der Waals surface area contributed by atoms with Gasteiger partial charge in [0, 0.05) is 16.3 Å². The molecule has 3 rings (SSSR count). The Morgan fingerprint density at radius 2 is 1.86 bits per heavy atom. The molecule has 0 saturated heterocycles. The highest BCUT2D eigenvalue weighted by Crippen LogP contribution is 2.52. The third-order valence-electron chi connectivity index (χ3n) is 3.28. The molecule has 0 aromatic heterocycles. The van der Waals surface area contributed by atoms with Crippen LogP contribution in [0.25, 0.3) is 0 Å². The molecular formula is C12H10Br2. The van der Waals surface area contributed by atoms with E-state index in [1.165, 1.54) is 22.0 Å². The number of fused-ring (bicyclic) bond motifs is 5. The summed E-state index contributed by atoms with van der Waals surface area (Å²) in [4.78, 5) is 0.474. The lowest BCUT2D eigenvalue weighted by Gasteiger charge is -2.22.